The summed E-state index contributed by atoms with van der Waals surface area (Å²) in [6.07, 6.45) is 0. The lowest BCUT2D eigenvalue weighted by atomic mass is 9.95. The molecule has 0 unspecified atom stereocenters. The number of anilines is 2. The molecule has 0 spiro atoms. The van der Waals surface area contributed by atoms with Gasteiger partial charge < -0.3 is 5.32 Å². The summed E-state index contributed by atoms with van der Waals surface area (Å²) in [7, 11) is -3.75. The highest BCUT2D eigenvalue weighted by Crippen LogP contribution is 2.36. The molecule has 2 aromatic carbocycles. The summed E-state index contributed by atoms with van der Waals surface area (Å²) in [6.45, 7) is 5.08. The minimum atomic E-state index is -3.75. The average molecular weight is 372 g/mol. The summed E-state index contributed by atoms with van der Waals surface area (Å²) in [5.41, 5.74) is 1.06. The van der Waals surface area contributed by atoms with Crippen LogP contribution in [-0.2, 0) is 14.8 Å². The number of hydrogen-bond acceptors (Lipinski definition) is 4. The summed E-state index contributed by atoms with van der Waals surface area (Å²) >= 11 is 0. The second-order valence-corrected chi connectivity index (χ2v) is 8.85. The van der Waals surface area contributed by atoms with Gasteiger partial charge in [-0.15, -0.1) is 0 Å². The van der Waals surface area contributed by atoms with Crippen LogP contribution in [0, 0.1) is 12.3 Å². The van der Waals surface area contributed by atoms with E-state index in [1.165, 1.54) is 12.1 Å². The first-order valence-corrected chi connectivity index (χ1v) is 9.77. The van der Waals surface area contributed by atoms with Crippen molar-refractivity contribution in [3.8, 4) is 0 Å². The molecule has 7 heteroatoms. The third kappa shape index (κ3) is 3.22. The number of hydrogen-bond donors (Lipinski definition) is 1. The highest BCUT2D eigenvalue weighted by Gasteiger charge is 2.49. The monoisotopic (exact) mass is 372 g/mol. The van der Waals surface area contributed by atoms with Crippen LogP contribution in [0.3, 0.4) is 0 Å². The van der Waals surface area contributed by atoms with E-state index in [1.807, 2.05) is 25.1 Å². The van der Waals surface area contributed by atoms with Crippen LogP contribution >= 0.6 is 0 Å². The Kier molecular flexibility index (Phi) is 4.36. The zero-order valence-corrected chi connectivity index (χ0v) is 15.6. The van der Waals surface area contributed by atoms with Crippen LogP contribution in [-0.4, -0.2) is 26.0 Å². The molecule has 6 nitrogen and oxygen atoms in total. The van der Waals surface area contributed by atoms with E-state index >= 15 is 0 Å². The molecule has 0 saturated carbocycles. The van der Waals surface area contributed by atoms with E-state index in [0.29, 0.717) is 5.69 Å². The van der Waals surface area contributed by atoms with Gasteiger partial charge in [-0.2, -0.15) is 0 Å². The van der Waals surface area contributed by atoms with Crippen LogP contribution in [0.15, 0.2) is 48.5 Å². The van der Waals surface area contributed by atoms with Crippen LogP contribution in [0.4, 0.5) is 11.4 Å². The molecular formula is C19H20N2O4S. The van der Waals surface area contributed by atoms with Crippen molar-refractivity contribution in [2.75, 3.05) is 15.4 Å². The molecule has 0 radical (unpaired) electrons. The summed E-state index contributed by atoms with van der Waals surface area (Å²) in [5, 5.41) is 2.80. The minimum absolute atomic E-state index is 0.179. The van der Waals surface area contributed by atoms with E-state index in [1.54, 1.807) is 32.0 Å². The summed E-state index contributed by atoms with van der Waals surface area (Å²) in [5.74, 6) is -1.11. The van der Waals surface area contributed by atoms with Crippen molar-refractivity contribution >= 4 is 33.2 Å². The quantitative estimate of drug-likeness (QED) is 0.898. The van der Waals surface area contributed by atoms with Gasteiger partial charge >= 0.3 is 0 Å². The molecular weight excluding hydrogens is 352 g/mol. The third-order valence-corrected chi connectivity index (χ3v) is 6.34. The van der Waals surface area contributed by atoms with Gasteiger partial charge in [-0.3, -0.25) is 9.59 Å². The van der Waals surface area contributed by atoms with E-state index < -0.39 is 21.3 Å². The molecule has 0 aromatic heterocycles. The number of rotatable bonds is 3. The number of benzene rings is 2. The number of amides is 2. The first-order valence-electron chi connectivity index (χ1n) is 8.16. The topological polar surface area (TPSA) is 83.6 Å². The number of carbonyl (C=O) groups excluding carboxylic acids is 2. The van der Waals surface area contributed by atoms with Gasteiger partial charge in [-0.1, -0.05) is 24.3 Å². The summed E-state index contributed by atoms with van der Waals surface area (Å²) < 4.78 is 25.6. The first-order chi connectivity index (χ1) is 12.1. The Morgan fingerprint density at radius 2 is 1.81 bits per heavy atom. The molecule has 2 amide bonds. The smallest absolute Gasteiger partial charge is 0.255 e. The largest absolute Gasteiger partial charge is 0.322 e. The van der Waals surface area contributed by atoms with Crippen LogP contribution in [0.5, 0.6) is 0 Å². The van der Waals surface area contributed by atoms with Crippen molar-refractivity contribution < 1.29 is 18.0 Å². The van der Waals surface area contributed by atoms with E-state index in [2.05, 4.69) is 5.32 Å². The van der Waals surface area contributed by atoms with Crippen molar-refractivity contribution in [3.63, 3.8) is 0 Å². The molecule has 0 aliphatic carbocycles. The molecule has 0 bridgehead atoms. The fourth-order valence-electron chi connectivity index (χ4n) is 2.94. The Balaban J connectivity index is 1.93. The van der Waals surface area contributed by atoms with Gasteiger partial charge in [0.05, 0.1) is 16.9 Å². The number of sulfonamides is 1. The summed E-state index contributed by atoms with van der Waals surface area (Å²) in [4.78, 5) is 25.0. The van der Waals surface area contributed by atoms with Gasteiger partial charge in [0.25, 0.3) is 5.91 Å². The van der Waals surface area contributed by atoms with Crippen molar-refractivity contribution in [3.05, 3.63) is 59.7 Å². The number of para-hydroxylation sites is 1. The van der Waals surface area contributed by atoms with Gasteiger partial charge in [-0.05, 0) is 50.6 Å². The molecule has 1 fully saturated rings. The van der Waals surface area contributed by atoms with E-state index in [9.17, 15) is 18.0 Å². The third-order valence-electron chi connectivity index (χ3n) is 4.32. The van der Waals surface area contributed by atoms with Crippen molar-refractivity contribution in [2.24, 2.45) is 5.41 Å². The van der Waals surface area contributed by atoms with Gasteiger partial charge in [0.1, 0.15) is 0 Å². The molecule has 3 rings (SSSR count). The molecule has 1 N–H and O–H groups in total. The normalized spacial score (nSPS) is 18.0. The highest BCUT2D eigenvalue weighted by molar-refractivity contribution is 7.94. The maximum Gasteiger partial charge on any atom is 0.255 e. The number of aryl methyl sites for hydroxylation is 1. The minimum Gasteiger partial charge on any atom is -0.322 e. The fourth-order valence-corrected chi connectivity index (χ4v) is 5.04. The average Bonchev–Trinajstić information content (AvgIpc) is 2.72. The van der Waals surface area contributed by atoms with E-state index in [4.69, 9.17) is 0 Å². The zero-order chi connectivity index (χ0) is 19.1. The molecule has 2 aromatic rings. The van der Waals surface area contributed by atoms with Gasteiger partial charge in [0.15, 0.2) is 0 Å². The maximum atomic E-state index is 12.5. The summed E-state index contributed by atoms with van der Waals surface area (Å²) in [6, 6.07) is 13.4. The number of carbonyl (C=O) groups is 2. The van der Waals surface area contributed by atoms with Gasteiger partial charge in [0, 0.05) is 11.3 Å². The van der Waals surface area contributed by atoms with Gasteiger partial charge in [0.2, 0.25) is 15.9 Å². The molecule has 1 saturated heterocycles. The van der Waals surface area contributed by atoms with Crippen LogP contribution in [0.25, 0.3) is 0 Å². The van der Waals surface area contributed by atoms with E-state index in [-0.39, 0.29) is 22.9 Å². The Morgan fingerprint density at radius 1 is 1.12 bits per heavy atom. The van der Waals surface area contributed by atoms with Crippen molar-refractivity contribution in [2.45, 2.75) is 20.8 Å². The molecule has 26 heavy (non-hydrogen) atoms. The molecule has 1 aliphatic heterocycles. The molecule has 0 atom stereocenters. The predicted octanol–water partition coefficient (Wildman–Crippen LogP) is 2.95. The zero-order valence-electron chi connectivity index (χ0n) is 14.8. The molecule has 1 aliphatic rings. The van der Waals surface area contributed by atoms with Gasteiger partial charge in [-0.25, -0.2) is 12.7 Å². The van der Waals surface area contributed by atoms with Crippen molar-refractivity contribution in [1.29, 1.82) is 0 Å². The Bertz CT molecular complexity index is 996. The lowest BCUT2D eigenvalue weighted by molar-refractivity contribution is -0.123. The highest BCUT2D eigenvalue weighted by atomic mass is 32.2. The number of nitrogens with zero attached hydrogens (tertiary/aromatic N) is 1. The fraction of sp³-hybridized carbons (Fsp3) is 0.263. The second-order valence-electron chi connectivity index (χ2n) is 7.03. The Labute approximate surface area is 152 Å². The number of nitrogens with one attached hydrogen (secondary N) is 1. The molecule has 136 valence electrons. The molecule has 1 heterocycles. The SMILES string of the molecule is Cc1ccccc1NC(=O)c1cccc(N2C(=O)C(C)(C)CS2(=O)=O)c1. The maximum absolute atomic E-state index is 12.5. The van der Waals surface area contributed by atoms with Crippen LogP contribution in [0.2, 0.25) is 0 Å². The Morgan fingerprint density at radius 3 is 2.42 bits per heavy atom. The second kappa shape index (κ2) is 6.25. The predicted molar refractivity (Wildman–Crippen MR) is 101 cm³/mol. The Hall–Kier alpha value is -2.67. The lowest BCUT2D eigenvalue weighted by Crippen LogP contribution is -2.33. The van der Waals surface area contributed by atoms with E-state index in [0.717, 1.165) is 9.87 Å². The van der Waals surface area contributed by atoms with Crippen LogP contribution < -0.4 is 9.62 Å². The van der Waals surface area contributed by atoms with Crippen molar-refractivity contribution in [1.82, 2.24) is 0 Å². The van der Waals surface area contributed by atoms with Crippen LogP contribution in [0.1, 0.15) is 29.8 Å². The first kappa shape index (κ1) is 18.1. The standard InChI is InChI=1S/C19H20N2O4S/c1-13-7-4-5-10-16(13)20-17(22)14-8-6-9-15(11-14)21-18(23)19(2,3)12-26(21,24)25/h4-11H,12H2,1-3H3,(H,20,22). The lowest BCUT2D eigenvalue weighted by Gasteiger charge is -2.18.